The minimum atomic E-state index is 0.0832. The molecular weight excluding hydrogens is 214 g/mol. The smallest absolute Gasteiger partial charge is 0.131 e. The van der Waals surface area contributed by atoms with E-state index in [2.05, 4.69) is 24.2 Å². The number of aromatic nitrogens is 3. The van der Waals surface area contributed by atoms with Gasteiger partial charge in [0.2, 0.25) is 0 Å². The summed E-state index contributed by atoms with van der Waals surface area (Å²) in [6.07, 6.45) is 0.505. The largest absolute Gasteiger partial charge is 0.300 e. The van der Waals surface area contributed by atoms with Crippen LogP contribution in [0.15, 0.2) is 24.3 Å². The van der Waals surface area contributed by atoms with E-state index in [1.807, 2.05) is 28.9 Å². The third-order valence-corrected chi connectivity index (χ3v) is 2.96. The first-order valence-corrected chi connectivity index (χ1v) is 5.89. The number of Topliss-reactive ketones (excluding diaryl/α,β-unsaturated/α-hetero) is 1. The lowest BCUT2D eigenvalue weighted by Crippen LogP contribution is -2.19. The van der Waals surface area contributed by atoms with Crippen LogP contribution in [0.25, 0.3) is 11.0 Å². The van der Waals surface area contributed by atoms with Crippen molar-refractivity contribution in [2.24, 2.45) is 5.92 Å². The molecule has 0 bridgehead atoms. The summed E-state index contributed by atoms with van der Waals surface area (Å²) in [5.74, 6) is 0.535. The van der Waals surface area contributed by atoms with E-state index in [9.17, 15) is 4.79 Å². The van der Waals surface area contributed by atoms with Crippen molar-refractivity contribution in [3.8, 4) is 0 Å². The molecule has 0 spiro atoms. The topological polar surface area (TPSA) is 47.8 Å². The second-order valence-electron chi connectivity index (χ2n) is 4.74. The van der Waals surface area contributed by atoms with Crippen LogP contribution >= 0.6 is 0 Å². The van der Waals surface area contributed by atoms with E-state index in [-0.39, 0.29) is 11.8 Å². The second kappa shape index (κ2) is 4.65. The van der Waals surface area contributed by atoms with Crippen molar-refractivity contribution in [3.05, 3.63) is 24.3 Å². The molecule has 2 rings (SSSR count). The van der Waals surface area contributed by atoms with Crippen LogP contribution in [0.3, 0.4) is 0 Å². The molecule has 0 amide bonds. The Balaban J connectivity index is 2.45. The minimum absolute atomic E-state index is 0.0832. The molecule has 2 aromatic rings. The molecule has 0 saturated carbocycles. The number of hydrogen-bond donors (Lipinski definition) is 0. The predicted octanol–water partition coefficient (Wildman–Crippen LogP) is 2.61. The van der Waals surface area contributed by atoms with Crippen LogP contribution in [0.2, 0.25) is 0 Å². The molecule has 4 heteroatoms. The number of hydrogen-bond acceptors (Lipinski definition) is 3. The number of para-hydroxylation sites is 1. The third-order valence-electron chi connectivity index (χ3n) is 2.96. The maximum absolute atomic E-state index is 11.3. The van der Waals surface area contributed by atoms with Crippen molar-refractivity contribution in [1.29, 1.82) is 0 Å². The lowest BCUT2D eigenvalue weighted by Gasteiger charge is -2.20. The molecule has 0 aliphatic heterocycles. The Morgan fingerprint density at radius 3 is 2.71 bits per heavy atom. The van der Waals surface area contributed by atoms with Crippen molar-refractivity contribution < 1.29 is 4.79 Å². The van der Waals surface area contributed by atoms with Gasteiger partial charge in [0.25, 0.3) is 0 Å². The summed E-state index contributed by atoms with van der Waals surface area (Å²) in [4.78, 5) is 11.3. The molecule has 90 valence electrons. The highest BCUT2D eigenvalue weighted by Gasteiger charge is 2.20. The van der Waals surface area contributed by atoms with Crippen LogP contribution in [0.5, 0.6) is 0 Å². The number of nitrogens with zero attached hydrogens (tertiary/aromatic N) is 3. The zero-order chi connectivity index (χ0) is 12.4. The Hall–Kier alpha value is -1.71. The molecule has 1 heterocycles. The minimum Gasteiger partial charge on any atom is -0.300 e. The normalized spacial score (nSPS) is 13.2. The van der Waals surface area contributed by atoms with Gasteiger partial charge in [-0.05, 0) is 25.0 Å². The third kappa shape index (κ3) is 2.35. The van der Waals surface area contributed by atoms with Gasteiger partial charge in [-0.3, -0.25) is 4.79 Å². The fraction of sp³-hybridized carbons (Fsp3) is 0.462. The number of carbonyl (C=O) groups is 1. The van der Waals surface area contributed by atoms with E-state index < -0.39 is 0 Å². The fourth-order valence-corrected chi connectivity index (χ4v) is 2.03. The summed E-state index contributed by atoms with van der Waals surface area (Å²) in [7, 11) is 0. The summed E-state index contributed by atoms with van der Waals surface area (Å²) < 4.78 is 1.88. The summed E-state index contributed by atoms with van der Waals surface area (Å²) in [5.41, 5.74) is 1.87. The summed E-state index contributed by atoms with van der Waals surface area (Å²) >= 11 is 0. The molecule has 0 fully saturated rings. The van der Waals surface area contributed by atoms with Gasteiger partial charge in [-0.2, -0.15) is 0 Å². The van der Waals surface area contributed by atoms with Gasteiger partial charge in [0.15, 0.2) is 0 Å². The Bertz CT molecular complexity index is 530. The highest BCUT2D eigenvalue weighted by molar-refractivity contribution is 5.77. The Morgan fingerprint density at radius 2 is 2.06 bits per heavy atom. The zero-order valence-corrected chi connectivity index (χ0v) is 10.4. The summed E-state index contributed by atoms with van der Waals surface area (Å²) in [6, 6.07) is 7.92. The standard InChI is InChI=1S/C13H17N3O/c1-9(2)13(8-10(3)17)16-12-7-5-4-6-11(12)14-15-16/h4-7,9,13H,8H2,1-3H3/t13-/m1/s1. The lowest BCUT2D eigenvalue weighted by atomic mass is 9.99. The maximum Gasteiger partial charge on any atom is 0.131 e. The summed E-state index contributed by atoms with van der Waals surface area (Å²) in [6.45, 7) is 5.82. The van der Waals surface area contributed by atoms with Crippen molar-refractivity contribution in [3.63, 3.8) is 0 Å². The van der Waals surface area contributed by atoms with Gasteiger partial charge < -0.3 is 0 Å². The Kier molecular flexibility index (Phi) is 3.22. The monoisotopic (exact) mass is 231 g/mol. The van der Waals surface area contributed by atoms with Crippen molar-refractivity contribution in [2.45, 2.75) is 33.2 Å². The van der Waals surface area contributed by atoms with Crippen molar-refractivity contribution in [1.82, 2.24) is 15.0 Å². The molecule has 0 radical (unpaired) electrons. The molecule has 4 nitrogen and oxygen atoms in total. The van der Waals surface area contributed by atoms with E-state index in [0.29, 0.717) is 12.3 Å². The van der Waals surface area contributed by atoms with E-state index in [1.165, 1.54) is 0 Å². The quantitative estimate of drug-likeness (QED) is 0.812. The predicted molar refractivity (Wildman–Crippen MR) is 66.7 cm³/mol. The molecule has 0 saturated heterocycles. The van der Waals surface area contributed by atoms with Gasteiger partial charge in [-0.15, -0.1) is 5.10 Å². The van der Waals surface area contributed by atoms with Gasteiger partial charge in [-0.1, -0.05) is 31.2 Å². The fourth-order valence-electron chi connectivity index (χ4n) is 2.03. The molecule has 1 aromatic carbocycles. The number of ketones is 1. The average Bonchev–Trinajstić information content (AvgIpc) is 2.69. The molecule has 1 aromatic heterocycles. The number of carbonyl (C=O) groups excluding carboxylic acids is 1. The first-order chi connectivity index (χ1) is 8.09. The first kappa shape index (κ1) is 11.8. The van der Waals surface area contributed by atoms with Crippen molar-refractivity contribution >= 4 is 16.8 Å². The SMILES string of the molecule is CC(=O)C[C@H](C(C)C)n1nnc2ccccc21. The Morgan fingerprint density at radius 1 is 1.35 bits per heavy atom. The molecule has 0 unspecified atom stereocenters. The number of benzene rings is 1. The van der Waals surface area contributed by atoms with Crippen LogP contribution in [0, 0.1) is 5.92 Å². The van der Waals surface area contributed by atoms with Crippen LogP contribution in [-0.2, 0) is 4.79 Å². The van der Waals surface area contributed by atoms with E-state index in [4.69, 9.17) is 0 Å². The number of fused-ring (bicyclic) bond motifs is 1. The molecule has 17 heavy (non-hydrogen) atoms. The maximum atomic E-state index is 11.3. The van der Waals surface area contributed by atoms with Gasteiger partial charge in [0.1, 0.15) is 11.3 Å². The highest BCUT2D eigenvalue weighted by atomic mass is 16.1. The van der Waals surface area contributed by atoms with Crippen LogP contribution in [-0.4, -0.2) is 20.8 Å². The van der Waals surface area contributed by atoms with Gasteiger partial charge in [-0.25, -0.2) is 4.68 Å². The second-order valence-corrected chi connectivity index (χ2v) is 4.74. The molecule has 0 aliphatic rings. The van der Waals surface area contributed by atoms with Crippen LogP contribution in [0.4, 0.5) is 0 Å². The highest BCUT2D eigenvalue weighted by Crippen LogP contribution is 2.24. The van der Waals surface area contributed by atoms with Gasteiger partial charge in [0.05, 0.1) is 11.6 Å². The van der Waals surface area contributed by atoms with E-state index in [0.717, 1.165) is 11.0 Å². The average molecular weight is 231 g/mol. The molecular formula is C13H17N3O. The van der Waals surface area contributed by atoms with Crippen LogP contribution in [0.1, 0.15) is 33.2 Å². The van der Waals surface area contributed by atoms with Gasteiger partial charge in [0, 0.05) is 6.42 Å². The van der Waals surface area contributed by atoms with Crippen molar-refractivity contribution in [2.75, 3.05) is 0 Å². The van der Waals surface area contributed by atoms with E-state index in [1.54, 1.807) is 6.92 Å². The Labute approximate surface area is 101 Å². The zero-order valence-electron chi connectivity index (χ0n) is 10.4. The summed E-state index contributed by atoms with van der Waals surface area (Å²) in [5, 5.41) is 8.32. The first-order valence-electron chi connectivity index (χ1n) is 5.89. The van der Waals surface area contributed by atoms with E-state index >= 15 is 0 Å². The number of rotatable bonds is 4. The molecule has 0 aliphatic carbocycles. The lowest BCUT2D eigenvalue weighted by molar-refractivity contribution is -0.118. The molecule has 1 atom stereocenters. The molecule has 0 N–H and O–H groups in total. The van der Waals surface area contributed by atoms with Gasteiger partial charge >= 0.3 is 0 Å². The van der Waals surface area contributed by atoms with Crippen LogP contribution < -0.4 is 0 Å².